The molecule has 1 aromatic heterocycles. The first-order valence-electron chi connectivity index (χ1n) is 7.25. The second-order valence-corrected chi connectivity index (χ2v) is 8.12. The third-order valence-corrected chi connectivity index (χ3v) is 6.54. The molecular formula is C13H18N2O6S2. The van der Waals surface area contributed by atoms with Crippen molar-refractivity contribution in [2.24, 2.45) is 0 Å². The number of ether oxygens (including phenoxy) is 3. The lowest BCUT2D eigenvalue weighted by Crippen LogP contribution is -2.44. The molecule has 4 atom stereocenters. The van der Waals surface area contributed by atoms with E-state index in [4.69, 9.17) is 14.2 Å². The molecule has 0 saturated carbocycles. The van der Waals surface area contributed by atoms with E-state index in [9.17, 15) is 13.2 Å². The van der Waals surface area contributed by atoms with Gasteiger partial charge in [-0.25, -0.2) is 17.9 Å². The molecule has 0 spiro atoms. The maximum absolute atomic E-state index is 12.3. The van der Waals surface area contributed by atoms with Crippen molar-refractivity contribution in [2.45, 2.75) is 35.5 Å². The van der Waals surface area contributed by atoms with E-state index < -0.39 is 40.5 Å². The van der Waals surface area contributed by atoms with Gasteiger partial charge in [-0.2, -0.15) is 0 Å². The molecule has 0 aromatic carbocycles. The summed E-state index contributed by atoms with van der Waals surface area (Å²) in [5.41, 5.74) is 0. The van der Waals surface area contributed by atoms with E-state index in [0.29, 0.717) is 6.54 Å². The van der Waals surface area contributed by atoms with Crippen LogP contribution in [0.5, 0.6) is 0 Å². The lowest BCUT2D eigenvalue weighted by atomic mass is 10.1. The van der Waals surface area contributed by atoms with Gasteiger partial charge in [-0.15, -0.1) is 11.3 Å². The zero-order valence-electron chi connectivity index (χ0n) is 12.4. The Balaban J connectivity index is 1.62. The van der Waals surface area contributed by atoms with Crippen LogP contribution in [-0.4, -0.2) is 58.6 Å². The van der Waals surface area contributed by atoms with Gasteiger partial charge in [0.1, 0.15) is 16.4 Å². The average molecular weight is 362 g/mol. The Morgan fingerprint density at radius 1 is 1.39 bits per heavy atom. The van der Waals surface area contributed by atoms with Crippen molar-refractivity contribution in [3.05, 3.63) is 17.5 Å². The van der Waals surface area contributed by atoms with Gasteiger partial charge in [-0.3, -0.25) is 0 Å². The lowest BCUT2D eigenvalue weighted by Gasteiger charge is -2.17. The Labute approximate surface area is 138 Å². The van der Waals surface area contributed by atoms with Crippen LogP contribution in [-0.2, 0) is 24.2 Å². The van der Waals surface area contributed by atoms with Gasteiger partial charge >= 0.3 is 6.09 Å². The molecule has 1 amide bonds. The summed E-state index contributed by atoms with van der Waals surface area (Å²) in [5, 5.41) is 4.24. The SMILES string of the molecule is CCNC(=O)OC1COC2C(NS(=O)(=O)c3cccs3)COC12. The highest BCUT2D eigenvalue weighted by molar-refractivity contribution is 7.91. The molecule has 2 fully saturated rings. The number of carbonyl (C=O) groups is 1. The third-order valence-electron chi connectivity index (χ3n) is 3.65. The van der Waals surface area contributed by atoms with E-state index in [1.165, 1.54) is 6.07 Å². The molecule has 0 bridgehead atoms. The molecule has 2 N–H and O–H groups in total. The first-order chi connectivity index (χ1) is 11.0. The Morgan fingerprint density at radius 2 is 2.17 bits per heavy atom. The molecule has 128 valence electrons. The van der Waals surface area contributed by atoms with Gasteiger partial charge in [0.2, 0.25) is 10.0 Å². The highest BCUT2D eigenvalue weighted by atomic mass is 32.2. The maximum atomic E-state index is 12.3. The van der Waals surface area contributed by atoms with Gasteiger partial charge in [-0.1, -0.05) is 6.07 Å². The van der Waals surface area contributed by atoms with Crippen LogP contribution in [0.4, 0.5) is 4.79 Å². The van der Waals surface area contributed by atoms with Crippen LogP contribution < -0.4 is 10.0 Å². The second-order valence-electron chi connectivity index (χ2n) is 5.23. The number of carbonyl (C=O) groups excluding carboxylic acids is 1. The second kappa shape index (κ2) is 6.73. The van der Waals surface area contributed by atoms with Crippen LogP contribution in [0, 0.1) is 0 Å². The fourth-order valence-corrected chi connectivity index (χ4v) is 4.90. The highest BCUT2D eigenvalue weighted by Crippen LogP contribution is 2.30. The number of rotatable bonds is 5. The van der Waals surface area contributed by atoms with E-state index >= 15 is 0 Å². The van der Waals surface area contributed by atoms with Gasteiger partial charge in [0.05, 0.1) is 19.3 Å². The number of fused-ring (bicyclic) bond motifs is 1. The number of thiophene rings is 1. The number of amides is 1. The van der Waals surface area contributed by atoms with Gasteiger partial charge in [0, 0.05) is 6.54 Å². The van der Waals surface area contributed by atoms with E-state index in [1.807, 2.05) is 0 Å². The molecule has 0 aliphatic carbocycles. The number of sulfonamides is 1. The van der Waals surface area contributed by atoms with Gasteiger partial charge in [-0.05, 0) is 18.4 Å². The third kappa shape index (κ3) is 3.50. The summed E-state index contributed by atoms with van der Waals surface area (Å²) in [7, 11) is -3.60. The molecular weight excluding hydrogens is 344 g/mol. The fourth-order valence-electron chi connectivity index (χ4n) is 2.66. The minimum Gasteiger partial charge on any atom is -0.441 e. The number of hydrogen-bond acceptors (Lipinski definition) is 7. The van der Waals surface area contributed by atoms with Crippen molar-refractivity contribution in [3.63, 3.8) is 0 Å². The number of hydrogen-bond donors (Lipinski definition) is 2. The summed E-state index contributed by atoms with van der Waals surface area (Å²) < 4.78 is 43.8. The zero-order chi connectivity index (χ0) is 16.4. The summed E-state index contributed by atoms with van der Waals surface area (Å²) in [4.78, 5) is 11.5. The minimum atomic E-state index is -3.60. The van der Waals surface area contributed by atoms with Crippen LogP contribution in [0.3, 0.4) is 0 Å². The van der Waals surface area contributed by atoms with Crippen molar-refractivity contribution in [1.82, 2.24) is 10.0 Å². The predicted molar refractivity (Wildman–Crippen MR) is 81.9 cm³/mol. The molecule has 3 heterocycles. The first-order valence-corrected chi connectivity index (χ1v) is 9.61. The number of nitrogens with one attached hydrogen (secondary N) is 2. The topological polar surface area (TPSA) is 103 Å². The Morgan fingerprint density at radius 3 is 2.87 bits per heavy atom. The molecule has 10 heteroatoms. The van der Waals surface area contributed by atoms with Crippen molar-refractivity contribution >= 4 is 27.5 Å². The maximum Gasteiger partial charge on any atom is 0.407 e. The average Bonchev–Trinajstić information content (AvgIpc) is 3.19. The van der Waals surface area contributed by atoms with Crippen molar-refractivity contribution in [2.75, 3.05) is 19.8 Å². The van der Waals surface area contributed by atoms with Gasteiger partial charge < -0.3 is 19.5 Å². The molecule has 2 saturated heterocycles. The van der Waals surface area contributed by atoms with Crippen molar-refractivity contribution in [3.8, 4) is 0 Å². The van der Waals surface area contributed by atoms with Crippen LogP contribution in [0.15, 0.2) is 21.7 Å². The Hall–Kier alpha value is -1.20. The molecule has 1 aromatic rings. The largest absolute Gasteiger partial charge is 0.441 e. The van der Waals surface area contributed by atoms with Gasteiger partial charge in [0.25, 0.3) is 0 Å². The van der Waals surface area contributed by atoms with E-state index in [0.717, 1.165) is 11.3 Å². The smallest absolute Gasteiger partial charge is 0.407 e. The van der Waals surface area contributed by atoms with Crippen molar-refractivity contribution in [1.29, 1.82) is 0 Å². The Bertz CT molecular complexity index is 647. The zero-order valence-corrected chi connectivity index (χ0v) is 14.1. The number of alkyl carbamates (subject to hydrolysis) is 1. The van der Waals surface area contributed by atoms with Gasteiger partial charge in [0.15, 0.2) is 6.10 Å². The predicted octanol–water partition coefficient (Wildman–Crippen LogP) is 0.307. The van der Waals surface area contributed by atoms with Crippen LogP contribution >= 0.6 is 11.3 Å². The summed E-state index contributed by atoms with van der Waals surface area (Å²) in [6.07, 6.45) is -2.01. The molecule has 23 heavy (non-hydrogen) atoms. The quantitative estimate of drug-likeness (QED) is 0.781. The Kier molecular flexibility index (Phi) is 4.87. The molecule has 2 aliphatic rings. The molecule has 4 unspecified atom stereocenters. The molecule has 2 aliphatic heterocycles. The van der Waals surface area contributed by atoms with Crippen LogP contribution in [0.25, 0.3) is 0 Å². The minimum absolute atomic E-state index is 0.176. The monoisotopic (exact) mass is 362 g/mol. The summed E-state index contributed by atoms with van der Waals surface area (Å²) in [6, 6.07) is 2.71. The molecule has 0 radical (unpaired) electrons. The van der Waals surface area contributed by atoms with E-state index in [-0.39, 0.29) is 17.4 Å². The standard InChI is InChI=1S/C13H18N2O6S2/c1-2-14-13(16)21-9-7-20-11-8(6-19-12(9)11)15-23(17,18)10-4-3-5-22-10/h3-5,8-9,11-12,15H,2,6-7H2,1H3,(H,14,16). The van der Waals surface area contributed by atoms with Crippen molar-refractivity contribution < 1.29 is 27.4 Å². The fraction of sp³-hybridized carbons (Fsp3) is 0.615. The molecule has 3 rings (SSSR count). The summed E-state index contributed by atoms with van der Waals surface area (Å²) in [5.74, 6) is 0. The van der Waals surface area contributed by atoms with Crippen LogP contribution in [0.1, 0.15) is 6.92 Å². The highest BCUT2D eigenvalue weighted by Gasteiger charge is 2.50. The first kappa shape index (κ1) is 16.7. The van der Waals surface area contributed by atoms with E-state index in [1.54, 1.807) is 18.4 Å². The normalized spacial score (nSPS) is 30.1. The summed E-state index contributed by atoms with van der Waals surface area (Å²) >= 11 is 1.14. The summed E-state index contributed by atoms with van der Waals surface area (Å²) in [6.45, 7) is 2.61. The lowest BCUT2D eigenvalue weighted by molar-refractivity contribution is 0.00428. The van der Waals surface area contributed by atoms with Crippen LogP contribution in [0.2, 0.25) is 0 Å². The van der Waals surface area contributed by atoms with E-state index in [2.05, 4.69) is 10.0 Å². The molecule has 8 nitrogen and oxygen atoms in total.